The molecule has 20 heavy (non-hydrogen) atoms. The second-order valence-electron chi connectivity index (χ2n) is 5.86. The molecule has 5 heteroatoms. The number of nitrogens with zero attached hydrogens (tertiary/aromatic N) is 1. The van der Waals surface area contributed by atoms with Gasteiger partial charge in [0.25, 0.3) is 0 Å². The van der Waals surface area contributed by atoms with Crippen molar-refractivity contribution < 1.29 is 4.79 Å². The lowest BCUT2D eigenvalue weighted by Crippen LogP contribution is -2.34. The highest BCUT2D eigenvalue weighted by Gasteiger charge is 2.33. The van der Waals surface area contributed by atoms with Crippen molar-refractivity contribution in [3.8, 4) is 0 Å². The minimum Gasteiger partial charge on any atom is -0.336 e. The Bertz CT molecular complexity index is 437. The summed E-state index contributed by atoms with van der Waals surface area (Å²) in [5, 5.41) is 4.28. The summed E-state index contributed by atoms with van der Waals surface area (Å²) in [4.78, 5) is 14.6. The summed E-state index contributed by atoms with van der Waals surface area (Å²) in [5.41, 5.74) is 7.40. The second kappa shape index (κ2) is 6.92. The number of hydrogen-bond acceptors (Lipinski definition) is 3. The van der Waals surface area contributed by atoms with Crippen LogP contribution in [0.25, 0.3) is 0 Å². The topological polar surface area (TPSA) is 46.3 Å². The SMILES string of the molecule is Cl.N[C@@H]1CCC[C@H]1CC(=O)N1CCCC1c1ccsc1. The van der Waals surface area contributed by atoms with E-state index >= 15 is 0 Å². The molecule has 1 amide bonds. The smallest absolute Gasteiger partial charge is 0.223 e. The molecule has 3 atom stereocenters. The zero-order chi connectivity index (χ0) is 13.2. The number of carbonyl (C=O) groups is 1. The molecule has 112 valence electrons. The zero-order valence-electron chi connectivity index (χ0n) is 11.7. The first-order valence-corrected chi connectivity index (χ1v) is 8.27. The number of hydrogen-bond donors (Lipinski definition) is 1. The third-order valence-electron chi connectivity index (χ3n) is 4.66. The molecule has 2 fully saturated rings. The van der Waals surface area contributed by atoms with Gasteiger partial charge in [-0.25, -0.2) is 0 Å². The molecule has 2 N–H and O–H groups in total. The molecule has 1 aromatic rings. The highest BCUT2D eigenvalue weighted by molar-refractivity contribution is 7.07. The number of thiophene rings is 1. The van der Waals surface area contributed by atoms with E-state index in [0.29, 0.717) is 24.3 Å². The molecule has 1 aliphatic heterocycles. The van der Waals surface area contributed by atoms with Crippen molar-refractivity contribution in [3.63, 3.8) is 0 Å². The Labute approximate surface area is 130 Å². The number of carbonyl (C=O) groups excluding carboxylic acids is 1. The van der Waals surface area contributed by atoms with Crippen molar-refractivity contribution in [2.45, 2.75) is 50.6 Å². The molecule has 0 spiro atoms. The Hall–Kier alpha value is -0.580. The van der Waals surface area contributed by atoms with Crippen LogP contribution >= 0.6 is 23.7 Å². The molecule has 1 saturated carbocycles. The molecule has 3 rings (SSSR count). The molecule has 2 aliphatic rings. The van der Waals surface area contributed by atoms with Crippen LogP contribution in [0.3, 0.4) is 0 Å². The second-order valence-corrected chi connectivity index (χ2v) is 6.64. The number of nitrogens with two attached hydrogens (primary N) is 1. The average molecular weight is 315 g/mol. The van der Waals surface area contributed by atoms with Crippen LogP contribution in [0.15, 0.2) is 16.8 Å². The first-order valence-electron chi connectivity index (χ1n) is 7.33. The summed E-state index contributed by atoms with van der Waals surface area (Å²) in [6, 6.07) is 2.71. The third-order valence-corrected chi connectivity index (χ3v) is 5.36. The lowest BCUT2D eigenvalue weighted by molar-refractivity contribution is -0.133. The van der Waals surface area contributed by atoms with Gasteiger partial charge in [-0.3, -0.25) is 4.79 Å². The van der Waals surface area contributed by atoms with Gasteiger partial charge in [-0.05, 0) is 54.0 Å². The number of halogens is 1. The molecule has 0 bridgehead atoms. The van der Waals surface area contributed by atoms with Crippen LogP contribution in [0.1, 0.15) is 50.1 Å². The van der Waals surface area contributed by atoms with Crippen LogP contribution in [-0.2, 0) is 4.79 Å². The highest BCUT2D eigenvalue weighted by Crippen LogP contribution is 2.35. The van der Waals surface area contributed by atoms with E-state index < -0.39 is 0 Å². The summed E-state index contributed by atoms with van der Waals surface area (Å²) < 4.78 is 0. The molecule has 1 aromatic heterocycles. The lowest BCUT2D eigenvalue weighted by atomic mass is 9.99. The standard InChI is InChI=1S/C15H22N2OS.ClH/c16-13-4-1-3-11(13)9-15(18)17-7-2-5-14(17)12-6-8-19-10-12;/h6,8,10-11,13-14H,1-5,7,9,16H2;1H/t11-,13+,14?;/m0./s1. The number of rotatable bonds is 3. The monoisotopic (exact) mass is 314 g/mol. The van der Waals surface area contributed by atoms with Crippen LogP contribution in [0.2, 0.25) is 0 Å². The molecular formula is C15H23ClN2OS. The first kappa shape index (κ1) is 15.8. The fourth-order valence-corrected chi connectivity index (χ4v) is 4.24. The normalized spacial score (nSPS) is 29.4. The Kier molecular flexibility index (Phi) is 5.47. The Morgan fingerprint density at radius 3 is 2.85 bits per heavy atom. The summed E-state index contributed by atoms with van der Waals surface area (Å²) in [6.45, 7) is 0.918. The first-order chi connectivity index (χ1) is 9.25. The maximum atomic E-state index is 12.5. The summed E-state index contributed by atoms with van der Waals surface area (Å²) in [5.74, 6) is 0.729. The minimum atomic E-state index is 0. The lowest BCUT2D eigenvalue weighted by Gasteiger charge is -2.26. The van der Waals surface area contributed by atoms with E-state index in [1.165, 1.54) is 12.0 Å². The highest BCUT2D eigenvalue weighted by atomic mass is 35.5. The molecule has 1 unspecified atom stereocenters. The van der Waals surface area contributed by atoms with Crippen LogP contribution in [0, 0.1) is 5.92 Å². The summed E-state index contributed by atoms with van der Waals surface area (Å²) in [6.07, 6.45) is 6.30. The van der Waals surface area contributed by atoms with Crippen LogP contribution in [0.5, 0.6) is 0 Å². The fraction of sp³-hybridized carbons (Fsp3) is 0.667. The van der Waals surface area contributed by atoms with Crippen molar-refractivity contribution in [2.75, 3.05) is 6.54 Å². The molecule has 3 nitrogen and oxygen atoms in total. The van der Waals surface area contributed by atoms with Crippen molar-refractivity contribution in [3.05, 3.63) is 22.4 Å². The predicted molar refractivity (Wildman–Crippen MR) is 85.2 cm³/mol. The van der Waals surface area contributed by atoms with E-state index in [0.717, 1.165) is 32.2 Å². The van der Waals surface area contributed by atoms with E-state index in [9.17, 15) is 4.79 Å². The van der Waals surface area contributed by atoms with Crippen molar-refractivity contribution in [1.82, 2.24) is 4.90 Å². The summed E-state index contributed by atoms with van der Waals surface area (Å²) in [7, 11) is 0. The zero-order valence-corrected chi connectivity index (χ0v) is 13.3. The molecular weight excluding hydrogens is 292 g/mol. The van der Waals surface area contributed by atoms with Crippen molar-refractivity contribution in [2.24, 2.45) is 11.7 Å². The number of amides is 1. The van der Waals surface area contributed by atoms with E-state index in [4.69, 9.17) is 5.73 Å². The van der Waals surface area contributed by atoms with Crippen LogP contribution in [-0.4, -0.2) is 23.4 Å². The van der Waals surface area contributed by atoms with E-state index in [-0.39, 0.29) is 18.4 Å². The summed E-state index contributed by atoms with van der Waals surface area (Å²) >= 11 is 1.72. The molecule has 2 heterocycles. The molecule has 1 aliphatic carbocycles. The largest absolute Gasteiger partial charge is 0.336 e. The van der Waals surface area contributed by atoms with Gasteiger partial charge in [-0.1, -0.05) is 6.42 Å². The molecule has 1 saturated heterocycles. The third kappa shape index (κ3) is 3.18. The minimum absolute atomic E-state index is 0. The Balaban J connectivity index is 0.00000147. The quantitative estimate of drug-likeness (QED) is 0.930. The fourth-order valence-electron chi connectivity index (χ4n) is 3.54. The van der Waals surface area contributed by atoms with Crippen molar-refractivity contribution >= 4 is 29.7 Å². The van der Waals surface area contributed by atoms with Crippen LogP contribution < -0.4 is 5.73 Å². The van der Waals surface area contributed by atoms with Gasteiger partial charge < -0.3 is 10.6 Å². The maximum Gasteiger partial charge on any atom is 0.223 e. The average Bonchev–Trinajstić information content (AvgIpc) is 3.09. The van der Waals surface area contributed by atoms with E-state index in [1.54, 1.807) is 11.3 Å². The van der Waals surface area contributed by atoms with Gasteiger partial charge in [-0.2, -0.15) is 11.3 Å². The van der Waals surface area contributed by atoms with Crippen molar-refractivity contribution in [1.29, 1.82) is 0 Å². The van der Waals surface area contributed by atoms with Gasteiger partial charge in [0, 0.05) is 19.0 Å². The maximum absolute atomic E-state index is 12.5. The van der Waals surface area contributed by atoms with E-state index in [2.05, 4.69) is 21.7 Å². The van der Waals surface area contributed by atoms with Gasteiger partial charge in [0.05, 0.1) is 6.04 Å². The Morgan fingerprint density at radius 1 is 1.35 bits per heavy atom. The molecule has 0 radical (unpaired) electrons. The van der Waals surface area contributed by atoms with Gasteiger partial charge >= 0.3 is 0 Å². The Morgan fingerprint density at radius 2 is 2.20 bits per heavy atom. The van der Waals surface area contributed by atoms with E-state index in [1.807, 2.05) is 0 Å². The molecule has 0 aromatic carbocycles. The van der Waals surface area contributed by atoms with Gasteiger partial charge in [0.2, 0.25) is 5.91 Å². The number of likely N-dealkylation sites (tertiary alicyclic amines) is 1. The van der Waals surface area contributed by atoms with Gasteiger partial charge in [0.1, 0.15) is 0 Å². The van der Waals surface area contributed by atoms with Gasteiger partial charge in [0.15, 0.2) is 0 Å². The predicted octanol–water partition coefficient (Wildman–Crippen LogP) is 3.35. The van der Waals surface area contributed by atoms with Crippen LogP contribution in [0.4, 0.5) is 0 Å². The van der Waals surface area contributed by atoms with Gasteiger partial charge in [-0.15, -0.1) is 12.4 Å².